The van der Waals surface area contributed by atoms with Gasteiger partial charge in [0.15, 0.2) is 0 Å². The summed E-state index contributed by atoms with van der Waals surface area (Å²) >= 11 is 3.54. The largest absolute Gasteiger partial charge is 0.309 e. The highest BCUT2D eigenvalue weighted by molar-refractivity contribution is 9.10. The maximum absolute atomic E-state index is 5.09. The fourth-order valence-electron chi connectivity index (χ4n) is 3.99. The Morgan fingerprint density at radius 3 is 2.52 bits per heavy atom. The third-order valence-corrected chi connectivity index (χ3v) is 5.46. The Hall–Kier alpha value is -1.04. The molecule has 4 nitrogen and oxygen atoms in total. The van der Waals surface area contributed by atoms with E-state index in [9.17, 15) is 0 Å². The van der Waals surface area contributed by atoms with Crippen molar-refractivity contribution in [2.24, 2.45) is 0 Å². The van der Waals surface area contributed by atoms with E-state index in [1.807, 2.05) is 0 Å². The maximum Gasteiger partial charge on any atom is 0.0901 e. The van der Waals surface area contributed by atoms with Gasteiger partial charge in [0.05, 0.1) is 28.5 Å². The summed E-state index contributed by atoms with van der Waals surface area (Å²) in [5.41, 5.74) is 4.29. The summed E-state index contributed by atoms with van der Waals surface area (Å²) in [7, 11) is 0. The van der Waals surface area contributed by atoms with Gasteiger partial charge in [-0.15, -0.1) is 0 Å². The molecule has 0 spiro atoms. The Kier molecular flexibility index (Phi) is 6.08. The topological polar surface area (TPSA) is 41.1 Å². The number of aryl methyl sites for hydroxylation is 1. The van der Waals surface area contributed by atoms with Crippen LogP contribution in [0.2, 0.25) is 0 Å². The predicted molar refractivity (Wildman–Crippen MR) is 108 cm³/mol. The van der Waals surface area contributed by atoms with Crippen LogP contribution in [0, 0.1) is 0 Å². The number of hydrogen-bond acceptors (Lipinski definition) is 4. The van der Waals surface area contributed by atoms with Crippen LogP contribution in [0.3, 0.4) is 0 Å². The molecule has 0 bridgehead atoms. The van der Waals surface area contributed by atoms with Crippen LogP contribution in [0.15, 0.2) is 22.7 Å². The van der Waals surface area contributed by atoms with Gasteiger partial charge < -0.3 is 5.32 Å². The molecule has 3 rings (SSSR count). The van der Waals surface area contributed by atoms with Gasteiger partial charge in [0, 0.05) is 29.6 Å². The van der Waals surface area contributed by atoms with Crippen LogP contribution in [0.25, 0.3) is 11.0 Å². The van der Waals surface area contributed by atoms with Crippen molar-refractivity contribution in [3.8, 4) is 0 Å². The van der Waals surface area contributed by atoms with E-state index in [1.165, 1.54) is 5.69 Å². The highest BCUT2D eigenvalue weighted by Gasteiger charge is 2.30. The average molecular weight is 405 g/mol. The van der Waals surface area contributed by atoms with Gasteiger partial charge in [-0.3, -0.25) is 4.90 Å². The van der Waals surface area contributed by atoms with Gasteiger partial charge >= 0.3 is 0 Å². The van der Waals surface area contributed by atoms with E-state index in [2.05, 4.69) is 72.0 Å². The number of halogens is 1. The van der Waals surface area contributed by atoms with Crippen molar-refractivity contribution in [3.05, 3.63) is 34.1 Å². The molecular formula is C20H29BrN4. The Morgan fingerprint density at radius 1 is 1.16 bits per heavy atom. The molecule has 1 fully saturated rings. The van der Waals surface area contributed by atoms with Crippen LogP contribution in [0.4, 0.5) is 0 Å². The lowest BCUT2D eigenvalue weighted by atomic mass is 9.99. The summed E-state index contributed by atoms with van der Waals surface area (Å²) in [6.07, 6.45) is 3.20. The molecule has 0 amide bonds. The minimum absolute atomic E-state index is 0.354. The first-order valence-electron chi connectivity index (χ1n) is 9.48. The molecule has 1 unspecified atom stereocenters. The van der Waals surface area contributed by atoms with Crippen LogP contribution >= 0.6 is 15.9 Å². The molecule has 1 N–H and O–H groups in total. The van der Waals surface area contributed by atoms with Crippen molar-refractivity contribution in [1.29, 1.82) is 0 Å². The second-order valence-electron chi connectivity index (χ2n) is 7.27. The van der Waals surface area contributed by atoms with Crippen LogP contribution in [-0.4, -0.2) is 40.0 Å². The Balaban J connectivity index is 2.04. The zero-order valence-electron chi connectivity index (χ0n) is 15.7. The second-order valence-corrected chi connectivity index (χ2v) is 8.18. The lowest BCUT2D eigenvalue weighted by Gasteiger charge is -2.41. The quantitative estimate of drug-likeness (QED) is 0.797. The van der Waals surface area contributed by atoms with E-state index in [-0.39, 0.29) is 0 Å². The van der Waals surface area contributed by atoms with Gasteiger partial charge in [-0.2, -0.15) is 0 Å². The molecular weight excluding hydrogens is 376 g/mol. The average Bonchev–Trinajstić information content (AvgIpc) is 2.57. The molecule has 1 aliphatic heterocycles. The summed E-state index contributed by atoms with van der Waals surface area (Å²) in [5, 5.41) is 3.64. The van der Waals surface area contributed by atoms with E-state index < -0.39 is 0 Å². The minimum Gasteiger partial charge on any atom is -0.309 e. The highest BCUT2D eigenvalue weighted by atomic mass is 79.9. The first-order valence-corrected chi connectivity index (χ1v) is 10.3. The number of nitrogens with zero attached hydrogens (tertiary/aromatic N) is 3. The summed E-state index contributed by atoms with van der Waals surface area (Å²) in [5.74, 6) is 0. The van der Waals surface area contributed by atoms with Crippen molar-refractivity contribution in [3.63, 3.8) is 0 Å². The van der Waals surface area contributed by atoms with E-state index in [0.717, 1.165) is 53.6 Å². The number of hydrogen-bond donors (Lipinski definition) is 1. The normalized spacial score (nSPS) is 23.1. The van der Waals surface area contributed by atoms with E-state index in [1.54, 1.807) is 0 Å². The molecule has 1 aliphatic rings. The van der Waals surface area contributed by atoms with Gasteiger partial charge in [-0.25, -0.2) is 9.97 Å². The summed E-state index contributed by atoms with van der Waals surface area (Å²) < 4.78 is 1.05. The van der Waals surface area contributed by atoms with E-state index in [0.29, 0.717) is 18.1 Å². The molecule has 0 radical (unpaired) electrons. The van der Waals surface area contributed by atoms with Gasteiger partial charge in [0.1, 0.15) is 0 Å². The van der Waals surface area contributed by atoms with Crippen molar-refractivity contribution in [2.75, 3.05) is 13.1 Å². The highest BCUT2D eigenvalue weighted by Crippen LogP contribution is 2.30. The number of nitrogens with one attached hydrogen (secondary N) is 1. The molecule has 2 heterocycles. The van der Waals surface area contributed by atoms with E-state index in [4.69, 9.17) is 9.97 Å². The van der Waals surface area contributed by atoms with Gasteiger partial charge in [-0.05, 0) is 44.9 Å². The van der Waals surface area contributed by atoms with Crippen molar-refractivity contribution < 1.29 is 0 Å². The molecule has 1 saturated heterocycles. The van der Waals surface area contributed by atoms with Crippen LogP contribution in [0.1, 0.15) is 58.0 Å². The van der Waals surface area contributed by atoms with Gasteiger partial charge in [0.2, 0.25) is 0 Å². The zero-order chi connectivity index (χ0) is 18.0. The summed E-state index contributed by atoms with van der Waals surface area (Å²) in [4.78, 5) is 12.7. The van der Waals surface area contributed by atoms with E-state index >= 15 is 0 Å². The number of aromatic nitrogens is 2. The van der Waals surface area contributed by atoms with Crippen molar-refractivity contribution in [1.82, 2.24) is 20.2 Å². The number of piperazine rings is 1. The number of benzene rings is 1. The van der Waals surface area contributed by atoms with Gasteiger partial charge in [-0.1, -0.05) is 36.2 Å². The molecule has 3 atom stereocenters. The fraction of sp³-hybridized carbons (Fsp3) is 0.600. The maximum atomic E-state index is 5.09. The summed E-state index contributed by atoms with van der Waals surface area (Å²) in [6.45, 7) is 11.1. The number of fused-ring (bicyclic) bond motifs is 1. The lowest BCUT2D eigenvalue weighted by molar-refractivity contribution is 0.113. The fourth-order valence-corrected chi connectivity index (χ4v) is 4.34. The van der Waals surface area contributed by atoms with Crippen molar-refractivity contribution >= 4 is 27.0 Å². The smallest absolute Gasteiger partial charge is 0.0901 e. The minimum atomic E-state index is 0.354. The molecule has 0 saturated carbocycles. The Labute approximate surface area is 159 Å². The molecule has 5 heteroatoms. The summed E-state index contributed by atoms with van der Waals surface area (Å²) in [6, 6.07) is 7.56. The monoisotopic (exact) mass is 404 g/mol. The third-order valence-electron chi connectivity index (χ3n) is 4.97. The third kappa shape index (κ3) is 4.21. The standard InChI is InChI=1S/C20H29BrN4/c1-5-7-19(25-11-13(3)22-14(4)12-25)20-16(6-2)23-18-10-15(21)8-9-17(18)24-20/h8-10,13-14,19,22H,5-7,11-12H2,1-4H3/t13-,14+,19?. The van der Waals surface area contributed by atoms with Crippen molar-refractivity contribution in [2.45, 2.75) is 65.1 Å². The zero-order valence-corrected chi connectivity index (χ0v) is 17.3. The molecule has 1 aromatic carbocycles. The molecule has 1 aromatic heterocycles. The first-order chi connectivity index (χ1) is 12.0. The van der Waals surface area contributed by atoms with Gasteiger partial charge in [0.25, 0.3) is 0 Å². The predicted octanol–water partition coefficient (Wildman–Crippen LogP) is 4.48. The van der Waals surface area contributed by atoms with Crippen LogP contribution < -0.4 is 5.32 Å². The molecule has 25 heavy (non-hydrogen) atoms. The Bertz CT molecular complexity index is 723. The molecule has 2 aromatic rings. The van der Waals surface area contributed by atoms with Crippen LogP contribution in [0.5, 0.6) is 0 Å². The SMILES string of the molecule is CCCC(c1nc2ccc(Br)cc2nc1CC)N1C[C@@H](C)N[C@@H](C)C1. The first kappa shape index (κ1) is 18.7. The number of rotatable bonds is 5. The molecule has 136 valence electrons. The molecule has 0 aliphatic carbocycles. The second kappa shape index (κ2) is 8.11. The Morgan fingerprint density at radius 2 is 1.88 bits per heavy atom. The lowest BCUT2D eigenvalue weighted by Crippen LogP contribution is -2.55. The van der Waals surface area contributed by atoms with Crippen LogP contribution in [-0.2, 0) is 6.42 Å².